The van der Waals surface area contributed by atoms with E-state index in [9.17, 15) is 4.79 Å². The Balaban J connectivity index is 1.29. The smallest absolute Gasteiger partial charge is 0.280 e. The Morgan fingerprint density at radius 1 is 1.21 bits per heavy atom. The number of benzene rings is 1. The summed E-state index contributed by atoms with van der Waals surface area (Å²) in [6.07, 6.45) is 5.82. The summed E-state index contributed by atoms with van der Waals surface area (Å²) >= 11 is 0. The molecule has 0 spiro atoms. The molecule has 29 heavy (non-hydrogen) atoms. The van der Waals surface area contributed by atoms with Crippen molar-refractivity contribution in [3.63, 3.8) is 0 Å². The van der Waals surface area contributed by atoms with Gasteiger partial charge in [-0.25, -0.2) is 4.68 Å². The van der Waals surface area contributed by atoms with Gasteiger partial charge in [0.05, 0.1) is 23.9 Å². The van der Waals surface area contributed by atoms with Crippen molar-refractivity contribution in [2.45, 2.75) is 37.6 Å². The molecule has 1 aromatic carbocycles. The highest BCUT2D eigenvalue weighted by molar-refractivity contribution is 5.94. The first-order valence-electron chi connectivity index (χ1n) is 9.76. The number of aromatic nitrogens is 5. The van der Waals surface area contributed by atoms with E-state index < -0.39 is 0 Å². The van der Waals surface area contributed by atoms with Crippen molar-refractivity contribution in [1.29, 1.82) is 5.26 Å². The number of carbonyl (C=O) groups excluding carboxylic acids is 1. The molecule has 1 aliphatic carbocycles. The molecule has 5 rings (SSSR count). The van der Waals surface area contributed by atoms with E-state index in [1.807, 2.05) is 11.1 Å². The molecule has 3 heterocycles. The van der Waals surface area contributed by atoms with Crippen LogP contribution in [0.15, 0.2) is 35.0 Å². The summed E-state index contributed by atoms with van der Waals surface area (Å²) in [6.45, 7) is 1.25. The van der Waals surface area contributed by atoms with Gasteiger partial charge in [-0.15, -0.1) is 5.10 Å². The molecular weight excluding hydrogens is 370 g/mol. The Hall–Kier alpha value is -3.54. The van der Waals surface area contributed by atoms with Crippen molar-refractivity contribution < 1.29 is 9.32 Å². The zero-order valence-electron chi connectivity index (χ0n) is 15.7. The minimum Gasteiger partial charge on any atom is -0.337 e. The lowest BCUT2D eigenvalue weighted by Crippen LogP contribution is -2.40. The van der Waals surface area contributed by atoms with Gasteiger partial charge in [0.2, 0.25) is 0 Å². The fourth-order valence-electron chi connectivity index (χ4n) is 3.62. The molecule has 2 aliphatic rings. The summed E-state index contributed by atoms with van der Waals surface area (Å²) in [5, 5.41) is 21.4. The molecule has 1 atom stereocenters. The first kappa shape index (κ1) is 17.6. The molecule has 0 bridgehead atoms. The average Bonchev–Trinajstić information content (AvgIpc) is 3.29. The molecule has 1 saturated heterocycles. The van der Waals surface area contributed by atoms with Gasteiger partial charge in [-0.1, -0.05) is 10.4 Å². The Bertz CT molecular complexity index is 1070. The van der Waals surface area contributed by atoms with E-state index in [-0.39, 0.29) is 11.9 Å². The van der Waals surface area contributed by atoms with E-state index in [0.717, 1.165) is 31.5 Å². The fourth-order valence-corrected chi connectivity index (χ4v) is 3.62. The number of rotatable bonds is 4. The van der Waals surface area contributed by atoms with Crippen LogP contribution in [0.3, 0.4) is 0 Å². The van der Waals surface area contributed by atoms with E-state index in [4.69, 9.17) is 9.78 Å². The molecule has 1 aliphatic heterocycles. The van der Waals surface area contributed by atoms with Crippen LogP contribution in [0.2, 0.25) is 0 Å². The minimum atomic E-state index is -0.0366. The van der Waals surface area contributed by atoms with E-state index in [1.165, 1.54) is 0 Å². The van der Waals surface area contributed by atoms with Crippen LogP contribution >= 0.6 is 0 Å². The van der Waals surface area contributed by atoms with Crippen molar-refractivity contribution >= 4 is 5.91 Å². The Kier molecular flexibility index (Phi) is 4.31. The van der Waals surface area contributed by atoms with Crippen molar-refractivity contribution in [2.24, 2.45) is 0 Å². The molecule has 3 aromatic rings. The highest BCUT2D eigenvalue weighted by atomic mass is 16.5. The molecule has 2 aromatic heterocycles. The van der Waals surface area contributed by atoms with Crippen LogP contribution in [0.25, 0.3) is 11.6 Å². The number of nitriles is 1. The summed E-state index contributed by atoms with van der Waals surface area (Å²) in [5.74, 6) is 1.51. The zero-order valence-corrected chi connectivity index (χ0v) is 15.7. The molecule has 146 valence electrons. The molecule has 2 fully saturated rings. The van der Waals surface area contributed by atoms with Crippen molar-refractivity contribution in [3.8, 4) is 17.7 Å². The zero-order chi connectivity index (χ0) is 19.8. The Morgan fingerprint density at radius 2 is 2.03 bits per heavy atom. The molecule has 9 heteroatoms. The highest BCUT2D eigenvalue weighted by Crippen LogP contribution is 2.38. The van der Waals surface area contributed by atoms with Gasteiger partial charge in [0.15, 0.2) is 11.5 Å². The van der Waals surface area contributed by atoms with Gasteiger partial charge < -0.3 is 9.42 Å². The summed E-state index contributed by atoms with van der Waals surface area (Å²) in [6, 6.07) is 8.84. The molecule has 0 N–H and O–H groups in total. The lowest BCUT2D eigenvalue weighted by molar-refractivity contribution is 0.0672. The normalized spacial score (nSPS) is 19.1. The topological polar surface area (TPSA) is 114 Å². The summed E-state index contributed by atoms with van der Waals surface area (Å²) < 4.78 is 7.11. The fraction of sp³-hybridized carbons (Fsp3) is 0.400. The quantitative estimate of drug-likeness (QED) is 0.673. The maximum atomic E-state index is 12.8. The third-order valence-electron chi connectivity index (χ3n) is 5.43. The predicted octanol–water partition coefficient (Wildman–Crippen LogP) is 2.55. The number of hydrogen-bond donors (Lipinski definition) is 0. The number of hydrogen-bond acceptors (Lipinski definition) is 7. The van der Waals surface area contributed by atoms with Crippen LogP contribution in [0.4, 0.5) is 0 Å². The van der Waals surface area contributed by atoms with Crippen LogP contribution in [0.5, 0.6) is 0 Å². The van der Waals surface area contributed by atoms with Gasteiger partial charge >= 0.3 is 0 Å². The van der Waals surface area contributed by atoms with Crippen molar-refractivity contribution in [3.05, 3.63) is 47.4 Å². The van der Waals surface area contributed by atoms with Gasteiger partial charge in [-0.05, 0) is 49.9 Å². The Labute approximate surface area is 166 Å². The number of piperidine rings is 1. The number of likely N-dealkylation sites (tertiary alicyclic amines) is 1. The first-order valence-corrected chi connectivity index (χ1v) is 9.76. The summed E-state index contributed by atoms with van der Waals surface area (Å²) in [5.41, 5.74) is 1.68. The number of nitrogens with zero attached hydrogens (tertiary/aromatic N) is 7. The maximum Gasteiger partial charge on any atom is 0.280 e. The maximum absolute atomic E-state index is 12.8. The van der Waals surface area contributed by atoms with Gasteiger partial charge in [-0.3, -0.25) is 4.79 Å². The highest BCUT2D eigenvalue weighted by Gasteiger charge is 2.30. The van der Waals surface area contributed by atoms with Crippen LogP contribution in [-0.4, -0.2) is 49.0 Å². The summed E-state index contributed by atoms with van der Waals surface area (Å²) in [4.78, 5) is 19.1. The van der Waals surface area contributed by atoms with Gasteiger partial charge in [-0.2, -0.15) is 10.2 Å². The van der Waals surface area contributed by atoms with Gasteiger partial charge in [0, 0.05) is 24.6 Å². The van der Waals surface area contributed by atoms with Gasteiger partial charge in [0.1, 0.15) is 0 Å². The third kappa shape index (κ3) is 3.49. The van der Waals surface area contributed by atoms with Crippen LogP contribution in [-0.2, 0) is 0 Å². The second-order valence-corrected chi connectivity index (χ2v) is 7.55. The third-order valence-corrected chi connectivity index (χ3v) is 5.43. The van der Waals surface area contributed by atoms with E-state index in [1.54, 1.807) is 28.9 Å². The van der Waals surface area contributed by atoms with Crippen LogP contribution in [0.1, 0.15) is 59.4 Å². The predicted molar refractivity (Wildman–Crippen MR) is 101 cm³/mol. The molecule has 9 nitrogen and oxygen atoms in total. The number of carbonyl (C=O) groups is 1. The van der Waals surface area contributed by atoms with Crippen LogP contribution < -0.4 is 0 Å². The summed E-state index contributed by atoms with van der Waals surface area (Å²) in [7, 11) is 0. The lowest BCUT2D eigenvalue weighted by Gasteiger charge is -2.32. The monoisotopic (exact) mass is 389 g/mol. The van der Waals surface area contributed by atoms with E-state index in [2.05, 4.69) is 26.5 Å². The lowest BCUT2D eigenvalue weighted by atomic mass is 10.0. The molecular formula is C20H19N7O2. The average molecular weight is 389 g/mol. The van der Waals surface area contributed by atoms with E-state index in [0.29, 0.717) is 41.7 Å². The molecule has 1 amide bonds. The SMILES string of the molecule is N#Cc1ccc(C(=O)N2CCCC(n3cc(-c4nc(C5CC5)no4)nn3)C2)cc1. The first-order chi connectivity index (χ1) is 14.2. The standard InChI is InChI=1S/C20H19N7O2/c21-10-13-3-5-15(6-4-13)20(28)26-9-1-2-16(11-26)27-12-17(23-25-27)19-22-18(24-29-19)14-7-8-14/h3-6,12,14,16H,1-2,7-9,11H2. The second-order valence-electron chi connectivity index (χ2n) is 7.55. The van der Waals surface area contributed by atoms with Gasteiger partial charge in [0.25, 0.3) is 11.8 Å². The van der Waals surface area contributed by atoms with Crippen LogP contribution in [0, 0.1) is 11.3 Å². The largest absolute Gasteiger partial charge is 0.337 e. The Morgan fingerprint density at radius 3 is 2.79 bits per heavy atom. The minimum absolute atomic E-state index is 0.0366. The van der Waals surface area contributed by atoms with Crippen molar-refractivity contribution in [2.75, 3.05) is 13.1 Å². The molecule has 0 radical (unpaired) electrons. The second kappa shape index (κ2) is 7.13. The number of amides is 1. The van der Waals surface area contributed by atoms with Crippen molar-refractivity contribution in [1.82, 2.24) is 30.0 Å². The molecule has 1 unspecified atom stereocenters. The molecule has 1 saturated carbocycles. The van der Waals surface area contributed by atoms with E-state index >= 15 is 0 Å².